The topological polar surface area (TPSA) is 60.7 Å². The number of nitrogens with zero attached hydrogens (tertiary/aromatic N) is 2. The summed E-state index contributed by atoms with van der Waals surface area (Å²) in [6.45, 7) is 3.59. The van der Waals surface area contributed by atoms with Crippen LogP contribution in [-0.2, 0) is 27.3 Å². The van der Waals surface area contributed by atoms with Crippen molar-refractivity contribution in [3.8, 4) is 0 Å². The van der Waals surface area contributed by atoms with Gasteiger partial charge in [0.25, 0.3) is 5.91 Å². The maximum atomic E-state index is 14.3. The molecule has 0 unspecified atom stereocenters. The van der Waals surface area contributed by atoms with Gasteiger partial charge >= 0.3 is 5.97 Å². The van der Waals surface area contributed by atoms with E-state index < -0.39 is 23.5 Å². The Balaban J connectivity index is 2.05. The molecule has 0 atom stereocenters. The molecule has 1 aromatic heterocycles. The lowest BCUT2D eigenvalue weighted by Crippen LogP contribution is -2.23. The van der Waals surface area contributed by atoms with Crippen LogP contribution in [0.15, 0.2) is 35.3 Å². The number of halogens is 2. The van der Waals surface area contributed by atoms with Gasteiger partial charge in [-0.3, -0.25) is 9.59 Å². The highest BCUT2D eigenvalue weighted by Crippen LogP contribution is 2.22. The second kappa shape index (κ2) is 8.02. The third kappa shape index (κ3) is 4.17. The maximum Gasteiger partial charge on any atom is 0.325 e. The van der Waals surface area contributed by atoms with Crippen molar-refractivity contribution < 1.29 is 23.1 Å². The number of methoxy groups -OCH3 is 1. The lowest BCUT2D eigenvalue weighted by molar-refractivity contribution is -0.141. The molecule has 1 heterocycles. The fourth-order valence-corrected chi connectivity index (χ4v) is 3.88. The predicted molar refractivity (Wildman–Crippen MR) is 102 cm³/mol. The van der Waals surface area contributed by atoms with E-state index >= 15 is 0 Å². The van der Waals surface area contributed by atoms with E-state index in [0.29, 0.717) is 0 Å². The quantitative estimate of drug-likeness (QED) is 0.626. The van der Waals surface area contributed by atoms with Crippen molar-refractivity contribution in [1.82, 2.24) is 4.57 Å². The highest BCUT2D eigenvalue weighted by Gasteiger charge is 2.16. The van der Waals surface area contributed by atoms with Gasteiger partial charge in [-0.25, -0.2) is 8.78 Å². The first-order valence-electron chi connectivity index (χ1n) is 8.47. The molecule has 5 nitrogen and oxygen atoms in total. The standard InChI is InChI=1S/C20H18F2N2O3S/c1-11-4-5-13(6-12(11)2)7-17(25)23-20-24(10-18(26)27-3)19-15(22)8-14(21)9-16(19)28-20/h4-6,8-9H,7,10H2,1-3H3. The summed E-state index contributed by atoms with van der Waals surface area (Å²) in [6, 6.07) is 7.55. The fourth-order valence-electron chi connectivity index (χ4n) is 2.79. The molecule has 0 saturated carbocycles. The normalized spacial score (nSPS) is 11.8. The van der Waals surface area contributed by atoms with Crippen LogP contribution in [0.1, 0.15) is 16.7 Å². The number of rotatable bonds is 4. The number of ether oxygens (including phenoxy) is 1. The van der Waals surface area contributed by atoms with Gasteiger partial charge in [0.1, 0.15) is 12.4 Å². The second-order valence-electron chi connectivity index (χ2n) is 6.38. The molecule has 28 heavy (non-hydrogen) atoms. The molecule has 3 rings (SSSR count). The Morgan fingerprint density at radius 1 is 1.14 bits per heavy atom. The SMILES string of the molecule is COC(=O)Cn1c(=NC(=O)Cc2ccc(C)c(C)c2)sc2cc(F)cc(F)c21. The molecule has 0 bridgehead atoms. The third-order valence-corrected chi connectivity index (χ3v) is 5.38. The summed E-state index contributed by atoms with van der Waals surface area (Å²) in [7, 11) is 1.20. The van der Waals surface area contributed by atoms with Crippen LogP contribution in [0.4, 0.5) is 8.78 Å². The number of fused-ring (bicyclic) bond motifs is 1. The van der Waals surface area contributed by atoms with Crippen LogP contribution in [0, 0.1) is 25.5 Å². The van der Waals surface area contributed by atoms with Crippen molar-refractivity contribution in [1.29, 1.82) is 0 Å². The molecular formula is C20H18F2N2O3S. The van der Waals surface area contributed by atoms with Crippen molar-refractivity contribution in [3.05, 3.63) is 63.5 Å². The zero-order valence-electron chi connectivity index (χ0n) is 15.6. The fraction of sp³-hybridized carbons (Fsp3) is 0.250. The summed E-state index contributed by atoms with van der Waals surface area (Å²) in [5, 5.41) is 0. The van der Waals surface area contributed by atoms with E-state index in [2.05, 4.69) is 9.73 Å². The molecule has 0 aliphatic heterocycles. The molecule has 0 saturated heterocycles. The zero-order chi connectivity index (χ0) is 20.4. The van der Waals surface area contributed by atoms with Crippen LogP contribution in [0.5, 0.6) is 0 Å². The molecule has 2 aromatic carbocycles. The predicted octanol–water partition coefficient (Wildman–Crippen LogP) is 3.44. The number of esters is 1. The van der Waals surface area contributed by atoms with Gasteiger partial charge in [-0.05, 0) is 36.6 Å². The number of aryl methyl sites for hydroxylation is 2. The Labute approximate surface area is 163 Å². The number of benzene rings is 2. The van der Waals surface area contributed by atoms with Crippen LogP contribution >= 0.6 is 11.3 Å². The first-order chi connectivity index (χ1) is 13.3. The molecule has 1 amide bonds. The van der Waals surface area contributed by atoms with Gasteiger partial charge in [-0.2, -0.15) is 4.99 Å². The van der Waals surface area contributed by atoms with Crippen molar-refractivity contribution in [2.45, 2.75) is 26.8 Å². The molecule has 146 valence electrons. The molecule has 0 fully saturated rings. The van der Waals surface area contributed by atoms with Crippen molar-refractivity contribution in [3.63, 3.8) is 0 Å². The summed E-state index contributed by atoms with van der Waals surface area (Å²) in [6.07, 6.45) is 0.0600. The highest BCUT2D eigenvalue weighted by molar-refractivity contribution is 7.16. The van der Waals surface area contributed by atoms with E-state index in [4.69, 9.17) is 0 Å². The summed E-state index contributed by atoms with van der Waals surface area (Å²) in [5.41, 5.74) is 2.99. The molecule has 0 aliphatic rings. The van der Waals surface area contributed by atoms with Crippen molar-refractivity contribution in [2.24, 2.45) is 4.99 Å². The van der Waals surface area contributed by atoms with Gasteiger partial charge < -0.3 is 9.30 Å². The maximum absolute atomic E-state index is 14.3. The highest BCUT2D eigenvalue weighted by atomic mass is 32.1. The van der Waals surface area contributed by atoms with Crippen LogP contribution in [0.3, 0.4) is 0 Å². The number of aromatic nitrogens is 1. The lowest BCUT2D eigenvalue weighted by Gasteiger charge is -2.05. The van der Waals surface area contributed by atoms with Gasteiger partial charge in [-0.15, -0.1) is 0 Å². The lowest BCUT2D eigenvalue weighted by atomic mass is 10.0. The van der Waals surface area contributed by atoms with E-state index in [0.717, 1.165) is 40.2 Å². The Morgan fingerprint density at radius 3 is 2.57 bits per heavy atom. The van der Waals surface area contributed by atoms with E-state index in [9.17, 15) is 18.4 Å². The molecule has 0 spiro atoms. The monoisotopic (exact) mass is 404 g/mol. The smallest absolute Gasteiger partial charge is 0.325 e. The number of carbonyl (C=O) groups is 2. The third-order valence-electron chi connectivity index (χ3n) is 4.36. The molecule has 0 radical (unpaired) electrons. The second-order valence-corrected chi connectivity index (χ2v) is 7.39. The average molecular weight is 404 g/mol. The average Bonchev–Trinajstić information content (AvgIpc) is 2.94. The minimum absolute atomic E-state index is 0.00882. The summed E-state index contributed by atoms with van der Waals surface area (Å²) in [4.78, 5) is 28.4. The summed E-state index contributed by atoms with van der Waals surface area (Å²) < 4.78 is 34.0. The first-order valence-corrected chi connectivity index (χ1v) is 9.29. The number of hydrogen-bond acceptors (Lipinski definition) is 4. The Hall–Kier alpha value is -2.87. The van der Waals surface area contributed by atoms with Crippen molar-refractivity contribution >= 4 is 33.4 Å². The minimum Gasteiger partial charge on any atom is -0.468 e. The van der Waals surface area contributed by atoms with E-state index in [1.807, 2.05) is 32.0 Å². The van der Waals surface area contributed by atoms with Gasteiger partial charge in [0.05, 0.1) is 23.7 Å². The summed E-state index contributed by atoms with van der Waals surface area (Å²) >= 11 is 0.937. The first kappa shape index (κ1) is 19.9. The van der Waals surface area contributed by atoms with Gasteiger partial charge in [0.2, 0.25) is 0 Å². The zero-order valence-corrected chi connectivity index (χ0v) is 16.4. The Kier molecular flexibility index (Phi) is 5.69. The number of thiazole rings is 1. The largest absolute Gasteiger partial charge is 0.468 e. The molecular weight excluding hydrogens is 386 g/mol. The molecule has 3 aromatic rings. The van der Waals surface area contributed by atoms with E-state index in [1.54, 1.807) is 0 Å². The summed E-state index contributed by atoms with van der Waals surface area (Å²) in [5.74, 6) is -2.66. The van der Waals surface area contributed by atoms with E-state index in [1.165, 1.54) is 11.7 Å². The Morgan fingerprint density at radius 2 is 1.89 bits per heavy atom. The van der Waals surface area contributed by atoms with Crippen LogP contribution in [0.2, 0.25) is 0 Å². The minimum atomic E-state index is -0.835. The van der Waals surface area contributed by atoms with E-state index in [-0.39, 0.29) is 28.0 Å². The van der Waals surface area contributed by atoms with Crippen molar-refractivity contribution in [2.75, 3.05) is 7.11 Å². The van der Waals surface area contributed by atoms with Crippen LogP contribution in [-0.4, -0.2) is 23.6 Å². The van der Waals surface area contributed by atoms with Crippen LogP contribution in [0.25, 0.3) is 10.2 Å². The number of carbonyl (C=O) groups excluding carboxylic acids is 2. The molecule has 8 heteroatoms. The Bertz CT molecular complexity index is 1150. The molecule has 0 N–H and O–H groups in total. The number of hydrogen-bond donors (Lipinski definition) is 0. The van der Waals surface area contributed by atoms with Gasteiger partial charge in [0.15, 0.2) is 10.6 Å². The van der Waals surface area contributed by atoms with Crippen LogP contribution < -0.4 is 4.80 Å². The molecule has 0 aliphatic carbocycles. The van der Waals surface area contributed by atoms with Gasteiger partial charge in [-0.1, -0.05) is 29.5 Å². The van der Waals surface area contributed by atoms with Gasteiger partial charge in [0, 0.05) is 6.07 Å². The number of amides is 1.